The van der Waals surface area contributed by atoms with Crippen molar-refractivity contribution in [2.45, 2.75) is 12.5 Å². The normalized spacial score (nSPS) is 21.5. The maximum atomic E-state index is 11.4. The third-order valence-electron chi connectivity index (χ3n) is 2.93. The van der Waals surface area contributed by atoms with Crippen molar-refractivity contribution in [1.82, 2.24) is 10.2 Å². The molecule has 1 fully saturated rings. The first-order valence-corrected chi connectivity index (χ1v) is 5.61. The number of rotatable bonds is 1. The minimum absolute atomic E-state index is 0.0567. The third-order valence-corrected chi connectivity index (χ3v) is 2.93. The van der Waals surface area contributed by atoms with Gasteiger partial charge < -0.3 is 16.0 Å². The monoisotopic (exact) mass is 219 g/mol. The van der Waals surface area contributed by atoms with Gasteiger partial charge in [-0.15, -0.1) is 0 Å². The van der Waals surface area contributed by atoms with Gasteiger partial charge >= 0.3 is 6.03 Å². The zero-order valence-electron chi connectivity index (χ0n) is 9.23. The Bertz CT molecular complexity index is 353. The predicted octanol–water partition coefficient (Wildman–Crippen LogP) is 1.10. The number of hydrogen-bond acceptors (Lipinski definition) is 2. The second kappa shape index (κ2) is 4.99. The van der Waals surface area contributed by atoms with Crippen molar-refractivity contribution in [2.75, 3.05) is 19.6 Å². The number of primary amides is 1. The van der Waals surface area contributed by atoms with Gasteiger partial charge in [0.05, 0.1) is 6.04 Å². The van der Waals surface area contributed by atoms with Gasteiger partial charge in [0.2, 0.25) is 0 Å². The van der Waals surface area contributed by atoms with E-state index in [2.05, 4.69) is 5.32 Å². The molecule has 4 heteroatoms. The van der Waals surface area contributed by atoms with Gasteiger partial charge in [-0.25, -0.2) is 4.79 Å². The van der Waals surface area contributed by atoms with Crippen molar-refractivity contribution in [1.29, 1.82) is 0 Å². The lowest BCUT2D eigenvalue weighted by molar-refractivity contribution is 0.189. The van der Waals surface area contributed by atoms with Gasteiger partial charge in [-0.2, -0.15) is 0 Å². The van der Waals surface area contributed by atoms with Crippen molar-refractivity contribution in [3.63, 3.8) is 0 Å². The fourth-order valence-electron chi connectivity index (χ4n) is 2.12. The van der Waals surface area contributed by atoms with Crippen molar-refractivity contribution < 1.29 is 4.79 Å². The molecule has 0 saturated carbocycles. The molecular weight excluding hydrogens is 202 g/mol. The molecule has 0 radical (unpaired) electrons. The van der Waals surface area contributed by atoms with Crippen molar-refractivity contribution in [3.05, 3.63) is 35.9 Å². The van der Waals surface area contributed by atoms with Gasteiger partial charge in [-0.3, -0.25) is 0 Å². The summed E-state index contributed by atoms with van der Waals surface area (Å²) in [5.41, 5.74) is 6.56. The van der Waals surface area contributed by atoms with Crippen LogP contribution in [0.25, 0.3) is 0 Å². The molecule has 2 amide bonds. The standard InChI is InChI=1S/C12H17N3O/c13-12(16)15-8-4-7-14-9-11(15)10-5-2-1-3-6-10/h1-3,5-6,11,14H,4,7-9H2,(H2,13,16). The average Bonchev–Trinajstić information content (AvgIpc) is 2.55. The lowest BCUT2D eigenvalue weighted by atomic mass is 10.1. The Morgan fingerprint density at radius 3 is 2.81 bits per heavy atom. The van der Waals surface area contributed by atoms with Gasteiger partial charge in [0.25, 0.3) is 0 Å². The van der Waals surface area contributed by atoms with Crippen LogP contribution in [0.4, 0.5) is 4.79 Å². The van der Waals surface area contributed by atoms with Crippen LogP contribution in [0.2, 0.25) is 0 Å². The quantitative estimate of drug-likeness (QED) is 0.743. The van der Waals surface area contributed by atoms with Crippen LogP contribution in [-0.4, -0.2) is 30.6 Å². The van der Waals surface area contributed by atoms with Crippen LogP contribution in [-0.2, 0) is 0 Å². The van der Waals surface area contributed by atoms with E-state index in [-0.39, 0.29) is 12.1 Å². The first-order chi connectivity index (χ1) is 7.79. The molecule has 2 rings (SSSR count). The lowest BCUT2D eigenvalue weighted by Crippen LogP contribution is -2.40. The smallest absolute Gasteiger partial charge is 0.315 e. The van der Waals surface area contributed by atoms with Crippen LogP contribution in [0.15, 0.2) is 30.3 Å². The zero-order chi connectivity index (χ0) is 11.4. The summed E-state index contributed by atoms with van der Waals surface area (Å²) in [5.74, 6) is 0. The van der Waals surface area contributed by atoms with E-state index in [9.17, 15) is 4.79 Å². The van der Waals surface area contributed by atoms with E-state index in [1.165, 1.54) is 0 Å². The van der Waals surface area contributed by atoms with E-state index in [0.29, 0.717) is 0 Å². The maximum Gasteiger partial charge on any atom is 0.315 e. The average molecular weight is 219 g/mol. The first kappa shape index (κ1) is 11.0. The predicted molar refractivity (Wildman–Crippen MR) is 63.0 cm³/mol. The van der Waals surface area contributed by atoms with Crippen LogP contribution in [0.1, 0.15) is 18.0 Å². The van der Waals surface area contributed by atoms with Crippen LogP contribution in [0, 0.1) is 0 Å². The molecule has 1 unspecified atom stereocenters. The molecular formula is C12H17N3O. The number of nitrogens with two attached hydrogens (primary N) is 1. The van der Waals surface area contributed by atoms with Crippen LogP contribution in [0.3, 0.4) is 0 Å². The summed E-state index contributed by atoms with van der Waals surface area (Å²) in [6, 6.07) is 9.74. The minimum atomic E-state index is -0.336. The number of amides is 2. The van der Waals surface area contributed by atoms with E-state index in [1.807, 2.05) is 30.3 Å². The molecule has 1 heterocycles. The van der Waals surface area contributed by atoms with Crippen molar-refractivity contribution in [2.24, 2.45) is 5.73 Å². The summed E-state index contributed by atoms with van der Waals surface area (Å²) in [7, 11) is 0. The molecule has 86 valence electrons. The Kier molecular flexibility index (Phi) is 3.41. The van der Waals surface area contributed by atoms with Gasteiger partial charge in [0.15, 0.2) is 0 Å². The minimum Gasteiger partial charge on any atom is -0.351 e. The molecule has 4 nitrogen and oxygen atoms in total. The summed E-state index contributed by atoms with van der Waals surface area (Å²) < 4.78 is 0. The van der Waals surface area contributed by atoms with E-state index >= 15 is 0 Å². The third kappa shape index (κ3) is 2.33. The number of carbonyl (C=O) groups excluding carboxylic acids is 1. The summed E-state index contributed by atoms with van der Waals surface area (Å²) in [4.78, 5) is 13.2. The van der Waals surface area contributed by atoms with E-state index in [1.54, 1.807) is 4.90 Å². The highest BCUT2D eigenvalue weighted by Crippen LogP contribution is 2.21. The molecule has 1 aromatic rings. The zero-order valence-corrected chi connectivity index (χ0v) is 9.23. The van der Waals surface area contributed by atoms with E-state index < -0.39 is 0 Å². The van der Waals surface area contributed by atoms with E-state index in [0.717, 1.165) is 31.6 Å². The number of hydrogen-bond donors (Lipinski definition) is 2. The SMILES string of the molecule is NC(=O)N1CCCNCC1c1ccccc1. The Balaban J connectivity index is 2.24. The molecule has 16 heavy (non-hydrogen) atoms. The largest absolute Gasteiger partial charge is 0.351 e. The highest BCUT2D eigenvalue weighted by molar-refractivity contribution is 5.72. The Hall–Kier alpha value is -1.55. The van der Waals surface area contributed by atoms with Crippen LogP contribution in [0.5, 0.6) is 0 Å². The molecule has 0 aliphatic carbocycles. The molecule has 1 atom stereocenters. The van der Waals surface area contributed by atoms with Gasteiger partial charge in [-0.05, 0) is 18.5 Å². The summed E-state index contributed by atoms with van der Waals surface area (Å²) >= 11 is 0. The lowest BCUT2D eigenvalue weighted by Gasteiger charge is -2.28. The molecule has 1 saturated heterocycles. The molecule has 3 N–H and O–H groups in total. The highest BCUT2D eigenvalue weighted by atomic mass is 16.2. The van der Waals surface area contributed by atoms with E-state index in [4.69, 9.17) is 5.73 Å². The number of benzene rings is 1. The molecule has 0 spiro atoms. The fraction of sp³-hybridized carbons (Fsp3) is 0.417. The summed E-state index contributed by atoms with van der Waals surface area (Å²) in [6.07, 6.45) is 0.951. The Morgan fingerprint density at radius 2 is 2.12 bits per heavy atom. The topological polar surface area (TPSA) is 58.4 Å². The molecule has 1 aliphatic rings. The summed E-state index contributed by atoms with van der Waals surface area (Å²) in [6.45, 7) is 2.43. The van der Waals surface area contributed by atoms with Crippen LogP contribution >= 0.6 is 0 Å². The van der Waals surface area contributed by atoms with Gasteiger partial charge in [0, 0.05) is 13.1 Å². The van der Waals surface area contributed by atoms with Crippen LogP contribution < -0.4 is 11.1 Å². The number of urea groups is 1. The molecule has 0 aromatic heterocycles. The number of carbonyl (C=O) groups is 1. The van der Waals surface area contributed by atoms with Gasteiger partial charge in [-0.1, -0.05) is 30.3 Å². The fourth-order valence-corrected chi connectivity index (χ4v) is 2.12. The van der Waals surface area contributed by atoms with Gasteiger partial charge in [0.1, 0.15) is 0 Å². The number of nitrogens with zero attached hydrogens (tertiary/aromatic N) is 1. The second-order valence-corrected chi connectivity index (χ2v) is 4.02. The molecule has 0 bridgehead atoms. The Labute approximate surface area is 95.4 Å². The summed E-state index contributed by atoms with van der Waals surface area (Å²) in [5, 5.41) is 3.33. The molecule has 1 aliphatic heterocycles. The highest BCUT2D eigenvalue weighted by Gasteiger charge is 2.24. The van der Waals surface area contributed by atoms with Crippen molar-refractivity contribution >= 4 is 6.03 Å². The second-order valence-electron chi connectivity index (χ2n) is 4.02. The maximum absolute atomic E-state index is 11.4. The Morgan fingerprint density at radius 1 is 1.38 bits per heavy atom. The molecule has 1 aromatic carbocycles. The number of nitrogens with one attached hydrogen (secondary N) is 1. The first-order valence-electron chi connectivity index (χ1n) is 5.61. The van der Waals surface area contributed by atoms with Crippen molar-refractivity contribution in [3.8, 4) is 0 Å².